The summed E-state index contributed by atoms with van der Waals surface area (Å²) in [6.07, 6.45) is 4.75. The molecule has 0 aromatic heterocycles. The van der Waals surface area contributed by atoms with E-state index in [1.165, 1.54) is 6.07 Å². The zero-order valence-electron chi connectivity index (χ0n) is 8.14. The SMILES string of the molecule is OC1=CC=C(c2cc(O)cc(O)c2)CC1. The van der Waals surface area contributed by atoms with Crippen molar-refractivity contribution >= 4 is 5.57 Å². The van der Waals surface area contributed by atoms with E-state index in [9.17, 15) is 15.3 Å². The summed E-state index contributed by atoms with van der Waals surface area (Å²) >= 11 is 0. The summed E-state index contributed by atoms with van der Waals surface area (Å²) in [5.41, 5.74) is 1.79. The first kappa shape index (κ1) is 9.65. The van der Waals surface area contributed by atoms with E-state index in [0.717, 1.165) is 11.1 Å². The zero-order chi connectivity index (χ0) is 10.8. The monoisotopic (exact) mass is 204 g/mol. The predicted molar refractivity (Wildman–Crippen MR) is 57.7 cm³/mol. The van der Waals surface area contributed by atoms with Gasteiger partial charge in [0.2, 0.25) is 0 Å². The molecule has 78 valence electrons. The number of hydrogen-bond acceptors (Lipinski definition) is 3. The van der Waals surface area contributed by atoms with E-state index in [2.05, 4.69) is 0 Å². The molecule has 0 fully saturated rings. The first-order chi connectivity index (χ1) is 7.15. The smallest absolute Gasteiger partial charge is 0.119 e. The Kier molecular flexibility index (Phi) is 2.37. The van der Waals surface area contributed by atoms with Crippen LogP contribution in [0, 0.1) is 0 Å². The molecule has 0 radical (unpaired) electrons. The van der Waals surface area contributed by atoms with E-state index in [0.29, 0.717) is 18.6 Å². The molecule has 1 aromatic rings. The molecule has 2 rings (SSSR count). The second-order valence-electron chi connectivity index (χ2n) is 3.59. The van der Waals surface area contributed by atoms with Crippen molar-refractivity contribution in [2.75, 3.05) is 0 Å². The Morgan fingerprint density at radius 3 is 2.00 bits per heavy atom. The lowest BCUT2D eigenvalue weighted by Gasteiger charge is -2.12. The Labute approximate surface area is 87.6 Å². The minimum atomic E-state index is 0.0460. The van der Waals surface area contributed by atoms with Crippen LogP contribution in [0.4, 0.5) is 0 Å². The van der Waals surface area contributed by atoms with Gasteiger partial charge in [-0.25, -0.2) is 0 Å². The highest BCUT2D eigenvalue weighted by atomic mass is 16.3. The highest BCUT2D eigenvalue weighted by molar-refractivity contribution is 5.70. The molecule has 0 atom stereocenters. The zero-order valence-corrected chi connectivity index (χ0v) is 8.14. The van der Waals surface area contributed by atoms with Gasteiger partial charge in [0.25, 0.3) is 0 Å². The summed E-state index contributed by atoms with van der Waals surface area (Å²) < 4.78 is 0. The molecule has 1 aliphatic rings. The fourth-order valence-corrected chi connectivity index (χ4v) is 1.65. The minimum absolute atomic E-state index is 0.0460. The predicted octanol–water partition coefficient (Wildman–Crippen LogP) is 2.72. The average Bonchev–Trinajstić information content (AvgIpc) is 2.17. The van der Waals surface area contributed by atoms with Gasteiger partial charge < -0.3 is 15.3 Å². The first-order valence-corrected chi connectivity index (χ1v) is 4.77. The van der Waals surface area contributed by atoms with Gasteiger partial charge in [-0.05, 0) is 35.8 Å². The molecule has 0 heterocycles. The quantitative estimate of drug-likeness (QED) is 0.659. The number of aromatic hydroxyl groups is 2. The van der Waals surface area contributed by atoms with Crippen molar-refractivity contribution in [3.63, 3.8) is 0 Å². The number of aliphatic hydroxyl groups is 1. The third-order valence-electron chi connectivity index (χ3n) is 2.40. The second-order valence-corrected chi connectivity index (χ2v) is 3.59. The molecule has 0 unspecified atom stereocenters. The van der Waals surface area contributed by atoms with Crippen molar-refractivity contribution in [2.45, 2.75) is 12.8 Å². The van der Waals surface area contributed by atoms with Gasteiger partial charge in [-0.15, -0.1) is 0 Å². The molecule has 3 nitrogen and oxygen atoms in total. The van der Waals surface area contributed by atoms with Crippen LogP contribution in [0.15, 0.2) is 36.1 Å². The van der Waals surface area contributed by atoms with Crippen LogP contribution in [0.1, 0.15) is 18.4 Å². The van der Waals surface area contributed by atoms with Crippen LogP contribution in [0.3, 0.4) is 0 Å². The summed E-state index contributed by atoms with van der Waals surface area (Å²) in [6.45, 7) is 0. The maximum absolute atomic E-state index is 9.32. The molecule has 0 saturated heterocycles. The molecule has 15 heavy (non-hydrogen) atoms. The van der Waals surface area contributed by atoms with Crippen LogP contribution in [0.25, 0.3) is 5.57 Å². The Balaban J connectivity index is 2.38. The highest BCUT2D eigenvalue weighted by Gasteiger charge is 2.09. The van der Waals surface area contributed by atoms with E-state index in [-0.39, 0.29) is 11.5 Å². The summed E-state index contributed by atoms with van der Waals surface area (Å²) in [4.78, 5) is 0. The molecule has 3 heteroatoms. The minimum Gasteiger partial charge on any atom is -0.512 e. The largest absolute Gasteiger partial charge is 0.512 e. The van der Waals surface area contributed by atoms with Crippen molar-refractivity contribution in [1.29, 1.82) is 0 Å². The number of phenolic OH excluding ortho intramolecular Hbond substituents is 2. The van der Waals surface area contributed by atoms with Crippen molar-refractivity contribution in [2.24, 2.45) is 0 Å². The summed E-state index contributed by atoms with van der Waals surface area (Å²) in [6, 6.07) is 4.49. The van der Waals surface area contributed by atoms with Crippen LogP contribution in [0.2, 0.25) is 0 Å². The molecule has 1 aromatic carbocycles. The number of aliphatic hydroxyl groups excluding tert-OH is 1. The molecule has 0 spiro atoms. The molecule has 0 aliphatic heterocycles. The summed E-state index contributed by atoms with van der Waals surface area (Å²) in [7, 11) is 0. The summed E-state index contributed by atoms with van der Waals surface area (Å²) in [5.74, 6) is 0.456. The van der Waals surface area contributed by atoms with Gasteiger partial charge in [0, 0.05) is 12.5 Å². The third kappa shape index (κ3) is 2.13. The van der Waals surface area contributed by atoms with E-state index in [1.54, 1.807) is 24.3 Å². The van der Waals surface area contributed by atoms with Crippen molar-refractivity contribution in [3.8, 4) is 11.5 Å². The van der Waals surface area contributed by atoms with Crippen LogP contribution in [-0.2, 0) is 0 Å². The fourth-order valence-electron chi connectivity index (χ4n) is 1.65. The maximum Gasteiger partial charge on any atom is 0.119 e. The Bertz CT molecular complexity index is 424. The normalized spacial score (nSPS) is 15.7. The number of allylic oxidation sites excluding steroid dienone is 4. The van der Waals surface area contributed by atoms with Crippen molar-refractivity contribution in [1.82, 2.24) is 0 Å². The first-order valence-electron chi connectivity index (χ1n) is 4.77. The van der Waals surface area contributed by atoms with E-state index >= 15 is 0 Å². The molecule has 0 amide bonds. The lowest BCUT2D eigenvalue weighted by Crippen LogP contribution is -1.92. The average molecular weight is 204 g/mol. The number of hydrogen-bond donors (Lipinski definition) is 3. The van der Waals surface area contributed by atoms with Crippen molar-refractivity contribution in [3.05, 3.63) is 41.7 Å². The Morgan fingerprint density at radius 2 is 1.47 bits per heavy atom. The lowest BCUT2D eigenvalue weighted by atomic mass is 9.96. The number of phenols is 2. The maximum atomic E-state index is 9.32. The van der Waals surface area contributed by atoms with Gasteiger partial charge in [0.1, 0.15) is 11.5 Å². The lowest BCUT2D eigenvalue weighted by molar-refractivity contribution is 0.388. The molecular formula is C12H12O3. The molecule has 0 saturated carbocycles. The van der Waals surface area contributed by atoms with Gasteiger partial charge in [0.15, 0.2) is 0 Å². The van der Waals surface area contributed by atoms with Gasteiger partial charge in [-0.3, -0.25) is 0 Å². The summed E-state index contributed by atoms with van der Waals surface area (Å²) in [5, 5.41) is 27.8. The van der Waals surface area contributed by atoms with Crippen molar-refractivity contribution < 1.29 is 15.3 Å². The van der Waals surface area contributed by atoms with E-state index in [4.69, 9.17) is 0 Å². The van der Waals surface area contributed by atoms with Gasteiger partial charge in [-0.1, -0.05) is 6.08 Å². The number of rotatable bonds is 1. The van der Waals surface area contributed by atoms with Gasteiger partial charge in [0.05, 0.1) is 5.76 Å². The molecule has 1 aliphatic carbocycles. The molecule has 3 N–H and O–H groups in total. The van der Waals surface area contributed by atoms with Crippen LogP contribution >= 0.6 is 0 Å². The van der Waals surface area contributed by atoms with Crippen LogP contribution in [0.5, 0.6) is 11.5 Å². The van der Waals surface area contributed by atoms with Gasteiger partial charge in [-0.2, -0.15) is 0 Å². The third-order valence-corrected chi connectivity index (χ3v) is 2.40. The molecular weight excluding hydrogens is 192 g/mol. The van der Waals surface area contributed by atoms with E-state index in [1.807, 2.05) is 0 Å². The fraction of sp³-hybridized carbons (Fsp3) is 0.167. The van der Waals surface area contributed by atoms with E-state index < -0.39 is 0 Å². The Hall–Kier alpha value is -1.90. The van der Waals surface area contributed by atoms with Crippen LogP contribution in [-0.4, -0.2) is 15.3 Å². The molecule has 0 bridgehead atoms. The van der Waals surface area contributed by atoms with Crippen LogP contribution < -0.4 is 0 Å². The van der Waals surface area contributed by atoms with Gasteiger partial charge >= 0.3 is 0 Å². The second kappa shape index (κ2) is 3.69. The Morgan fingerprint density at radius 1 is 0.800 bits per heavy atom. The topological polar surface area (TPSA) is 60.7 Å². The standard InChI is InChI=1S/C12H12O3/c13-10-3-1-8(2-4-10)9-5-11(14)7-12(15)6-9/h1,3,5-7,13-15H,2,4H2. The number of benzene rings is 1. The highest BCUT2D eigenvalue weighted by Crippen LogP contribution is 2.30.